The van der Waals surface area contributed by atoms with Crippen LogP contribution in [0.25, 0.3) is 0 Å². The molecule has 4 rings (SSSR count). The van der Waals surface area contributed by atoms with Gasteiger partial charge in [0.2, 0.25) is 11.8 Å². The van der Waals surface area contributed by atoms with Gasteiger partial charge < -0.3 is 29.4 Å². The standard InChI is InChI=1S/C48H69N3O7Si/c1-11-34(2)43(45(54)51-28-26-39(52)27-29-51)50-44(53)38(30-36-22-24-40(25-23-36)56-33-37-20-16-13-17-21-37)32-42(58-59(9,10)48(6,7)8)41(31-35-18-14-12-15-19-35)49-46(55)57-47(3,4)5/h12-25,34,38,41-43H,11,26-33H2,1-10H3,(H,49,55)(H,50,53)/t34-,38?,41?,42?,43-/m0/s1. The highest BCUT2D eigenvalue weighted by molar-refractivity contribution is 6.74. The number of rotatable bonds is 18. The molecular weight excluding hydrogens is 759 g/mol. The van der Waals surface area contributed by atoms with Crippen molar-refractivity contribution in [3.63, 3.8) is 0 Å². The first kappa shape index (κ1) is 47.2. The molecule has 5 atom stereocenters. The van der Waals surface area contributed by atoms with E-state index in [0.29, 0.717) is 57.6 Å². The monoisotopic (exact) mass is 827 g/mol. The Morgan fingerprint density at radius 1 is 0.780 bits per heavy atom. The maximum atomic E-state index is 14.9. The van der Waals surface area contributed by atoms with Crippen molar-refractivity contribution in [3.05, 3.63) is 102 Å². The maximum absolute atomic E-state index is 14.9. The van der Waals surface area contributed by atoms with Gasteiger partial charge in [-0.3, -0.25) is 14.4 Å². The van der Waals surface area contributed by atoms with Gasteiger partial charge in [0.05, 0.1) is 12.1 Å². The van der Waals surface area contributed by atoms with Gasteiger partial charge in [0.1, 0.15) is 29.8 Å². The van der Waals surface area contributed by atoms with Gasteiger partial charge in [-0.25, -0.2) is 4.79 Å². The van der Waals surface area contributed by atoms with Gasteiger partial charge in [0.25, 0.3) is 0 Å². The number of nitrogens with one attached hydrogen (secondary N) is 2. The number of likely N-dealkylation sites (tertiary alicyclic amines) is 1. The summed E-state index contributed by atoms with van der Waals surface area (Å²) in [7, 11) is -2.51. The summed E-state index contributed by atoms with van der Waals surface area (Å²) in [6.45, 7) is 21.5. The number of amides is 3. The summed E-state index contributed by atoms with van der Waals surface area (Å²) in [5, 5.41) is 6.21. The van der Waals surface area contributed by atoms with Gasteiger partial charge in [-0.1, -0.05) is 114 Å². The SMILES string of the molecule is CC[C@H](C)[C@H](NC(=O)C(Cc1ccc(OCc2ccccc2)cc1)CC(O[Si](C)(C)C(C)(C)C)C(Cc1ccccc1)NC(=O)OC(C)(C)C)C(=O)N1CCC(=O)CC1. The van der Waals surface area contributed by atoms with Gasteiger partial charge in [-0.2, -0.15) is 0 Å². The zero-order valence-electron chi connectivity index (χ0n) is 37.1. The zero-order chi connectivity index (χ0) is 43.4. The van der Waals surface area contributed by atoms with Crippen molar-refractivity contribution in [1.29, 1.82) is 0 Å². The molecule has 3 unspecified atom stereocenters. The number of carbonyl (C=O) groups is 4. The van der Waals surface area contributed by atoms with Crippen LogP contribution in [0.5, 0.6) is 5.75 Å². The number of benzene rings is 3. The summed E-state index contributed by atoms with van der Waals surface area (Å²) < 4.78 is 19.1. The van der Waals surface area contributed by atoms with Crippen molar-refractivity contribution in [2.24, 2.45) is 11.8 Å². The van der Waals surface area contributed by atoms with E-state index in [1.165, 1.54) is 0 Å². The number of alkyl carbamates (subject to hydrolysis) is 1. The van der Waals surface area contributed by atoms with Crippen LogP contribution in [0.4, 0.5) is 4.79 Å². The molecule has 1 aliphatic rings. The fourth-order valence-electron chi connectivity index (χ4n) is 6.89. The van der Waals surface area contributed by atoms with Crippen LogP contribution < -0.4 is 15.4 Å². The third-order valence-corrected chi connectivity index (χ3v) is 16.2. The molecule has 3 amide bonds. The average Bonchev–Trinajstić information content (AvgIpc) is 3.18. The number of hydrogen-bond donors (Lipinski definition) is 2. The van der Waals surface area contributed by atoms with E-state index >= 15 is 0 Å². The van der Waals surface area contributed by atoms with E-state index in [9.17, 15) is 19.2 Å². The summed E-state index contributed by atoms with van der Waals surface area (Å²) >= 11 is 0. The van der Waals surface area contributed by atoms with E-state index in [1.54, 1.807) is 4.90 Å². The van der Waals surface area contributed by atoms with Gasteiger partial charge >= 0.3 is 6.09 Å². The molecule has 10 nitrogen and oxygen atoms in total. The Kier molecular flexibility index (Phi) is 16.9. The van der Waals surface area contributed by atoms with Crippen LogP contribution >= 0.6 is 0 Å². The van der Waals surface area contributed by atoms with Crippen LogP contribution in [0.1, 0.15) is 97.8 Å². The van der Waals surface area contributed by atoms with Crippen LogP contribution in [0.15, 0.2) is 84.9 Å². The smallest absolute Gasteiger partial charge is 0.407 e. The number of hydrogen-bond acceptors (Lipinski definition) is 7. The third-order valence-electron chi connectivity index (χ3n) is 11.7. The molecule has 3 aromatic rings. The summed E-state index contributed by atoms with van der Waals surface area (Å²) in [4.78, 5) is 56.4. The van der Waals surface area contributed by atoms with E-state index < -0.39 is 44.1 Å². The molecule has 1 fully saturated rings. The molecule has 0 bridgehead atoms. The Hall–Kier alpha value is -4.48. The molecule has 322 valence electrons. The fraction of sp³-hybridized carbons (Fsp3) is 0.542. The molecule has 1 saturated heterocycles. The normalized spacial score (nSPS) is 16.3. The Morgan fingerprint density at radius 2 is 1.34 bits per heavy atom. The van der Waals surface area contributed by atoms with Gasteiger partial charge in [-0.15, -0.1) is 0 Å². The number of piperidine rings is 1. The number of ether oxygens (including phenoxy) is 2. The fourth-order valence-corrected chi connectivity index (χ4v) is 8.26. The molecule has 3 aromatic carbocycles. The number of carbonyl (C=O) groups excluding carboxylic acids is 4. The van der Waals surface area contributed by atoms with Gasteiger partial charge in [0, 0.05) is 31.8 Å². The predicted molar refractivity (Wildman–Crippen MR) is 237 cm³/mol. The second kappa shape index (κ2) is 21.2. The second-order valence-corrected chi connectivity index (χ2v) is 23.4. The Morgan fingerprint density at radius 3 is 1.88 bits per heavy atom. The first-order chi connectivity index (χ1) is 27.7. The maximum Gasteiger partial charge on any atom is 0.407 e. The molecule has 0 aromatic heterocycles. The molecule has 59 heavy (non-hydrogen) atoms. The minimum absolute atomic E-state index is 0.146. The first-order valence-electron chi connectivity index (χ1n) is 21.3. The van der Waals surface area contributed by atoms with Crippen LogP contribution in [0.3, 0.4) is 0 Å². The minimum Gasteiger partial charge on any atom is -0.489 e. The lowest BCUT2D eigenvalue weighted by atomic mass is 9.87. The predicted octanol–water partition coefficient (Wildman–Crippen LogP) is 9.06. The molecule has 0 spiro atoms. The molecule has 1 heterocycles. The summed E-state index contributed by atoms with van der Waals surface area (Å²) in [6.07, 6.45) is 1.22. The largest absolute Gasteiger partial charge is 0.489 e. The molecule has 0 saturated carbocycles. The van der Waals surface area contributed by atoms with Crippen molar-refractivity contribution in [2.75, 3.05) is 13.1 Å². The highest BCUT2D eigenvalue weighted by Crippen LogP contribution is 2.39. The van der Waals surface area contributed by atoms with Crippen molar-refractivity contribution in [2.45, 2.75) is 142 Å². The highest BCUT2D eigenvalue weighted by atomic mass is 28.4. The summed E-state index contributed by atoms with van der Waals surface area (Å²) in [5.74, 6) is -0.369. The van der Waals surface area contributed by atoms with Crippen molar-refractivity contribution in [3.8, 4) is 5.75 Å². The molecule has 2 N–H and O–H groups in total. The van der Waals surface area contributed by atoms with Crippen molar-refractivity contribution in [1.82, 2.24) is 15.5 Å². The zero-order valence-corrected chi connectivity index (χ0v) is 38.1. The molecule has 11 heteroatoms. The average molecular weight is 828 g/mol. The lowest BCUT2D eigenvalue weighted by Crippen LogP contribution is -2.56. The van der Waals surface area contributed by atoms with E-state index in [4.69, 9.17) is 13.9 Å². The van der Waals surface area contributed by atoms with Crippen LogP contribution in [-0.4, -0.2) is 73.8 Å². The number of Topliss-reactive ketones (excluding diaryl/α,β-unsaturated/α-hetero) is 1. The quantitative estimate of drug-likeness (QED) is 0.123. The summed E-state index contributed by atoms with van der Waals surface area (Å²) in [6, 6.07) is 26.4. The van der Waals surface area contributed by atoms with E-state index in [1.807, 2.05) is 120 Å². The Labute approximate surface area is 354 Å². The topological polar surface area (TPSA) is 123 Å². The summed E-state index contributed by atoms with van der Waals surface area (Å²) in [5.41, 5.74) is 2.26. The Bertz CT molecular complexity index is 1800. The van der Waals surface area contributed by atoms with Gasteiger partial charge in [-0.05, 0) is 92.9 Å². The molecule has 1 aliphatic heterocycles. The lowest BCUT2D eigenvalue weighted by molar-refractivity contribution is -0.141. The van der Waals surface area contributed by atoms with E-state index in [2.05, 4.69) is 44.5 Å². The molecule has 0 radical (unpaired) electrons. The second-order valence-electron chi connectivity index (χ2n) is 18.6. The number of ketones is 1. The molecular formula is C48H69N3O7Si. The molecule has 0 aliphatic carbocycles. The Balaban J connectivity index is 1.74. The van der Waals surface area contributed by atoms with E-state index in [-0.39, 0.29) is 35.0 Å². The van der Waals surface area contributed by atoms with Gasteiger partial charge in [0.15, 0.2) is 8.32 Å². The highest BCUT2D eigenvalue weighted by Gasteiger charge is 2.43. The lowest BCUT2D eigenvalue weighted by Gasteiger charge is -2.42. The van der Waals surface area contributed by atoms with Crippen LogP contribution in [-0.2, 0) is 43.0 Å². The van der Waals surface area contributed by atoms with E-state index in [0.717, 1.165) is 16.7 Å². The number of nitrogens with zero attached hydrogens (tertiary/aromatic N) is 1. The van der Waals surface area contributed by atoms with Crippen molar-refractivity contribution >= 4 is 32.0 Å². The first-order valence-corrected chi connectivity index (χ1v) is 24.2. The van der Waals surface area contributed by atoms with Crippen molar-refractivity contribution < 1.29 is 33.1 Å². The van der Waals surface area contributed by atoms with Crippen LogP contribution in [0.2, 0.25) is 18.1 Å². The minimum atomic E-state index is -2.51. The third kappa shape index (κ3) is 14.9. The van der Waals surface area contributed by atoms with Crippen LogP contribution in [0, 0.1) is 11.8 Å².